The maximum Gasteiger partial charge on any atom is 0.263 e. The number of methoxy groups -OCH3 is 1. The van der Waals surface area contributed by atoms with Crippen molar-refractivity contribution >= 4 is 11.7 Å². The summed E-state index contributed by atoms with van der Waals surface area (Å²) >= 11 is 0. The summed E-state index contributed by atoms with van der Waals surface area (Å²) in [5.74, 6) is 0.847. The number of pyridine rings is 1. The van der Waals surface area contributed by atoms with E-state index in [0.717, 1.165) is 11.3 Å². The number of aromatic nitrogens is 1. The van der Waals surface area contributed by atoms with Crippen LogP contribution in [0.1, 0.15) is 18.5 Å². The number of ether oxygens (including phenoxy) is 1. The van der Waals surface area contributed by atoms with Crippen LogP contribution < -0.4 is 15.4 Å². The number of rotatable bonds is 6. The van der Waals surface area contributed by atoms with E-state index in [-0.39, 0.29) is 11.6 Å². The molecule has 0 bridgehead atoms. The first-order chi connectivity index (χ1) is 11.6. The fraction of sp³-hybridized carbons (Fsp3) is 0.167. The third-order valence-corrected chi connectivity index (χ3v) is 3.36. The molecule has 0 saturated carbocycles. The van der Waals surface area contributed by atoms with Gasteiger partial charge in [0.15, 0.2) is 0 Å². The number of carbonyl (C=O) groups is 1. The Labute approximate surface area is 140 Å². The van der Waals surface area contributed by atoms with Crippen molar-refractivity contribution in [1.82, 2.24) is 10.3 Å². The smallest absolute Gasteiger partial charge is 0.263 e. The first-order valence-electron chi connectivity index (χ1n) is 7.36. The van der Waals surface area contributed by atoms with Crippen LogP contribution in [0.15, 0.2) is 60.4 Å². The molecule has 1 amide bonds. The van der Waals surface area contributed by atoms with Gasteiger partial charge in [0.05, 0.1) is 13.2 Å². The van der Waals surface area contributed by atoms with Crippen molar-refractivity contribution < 1.29 is 9.53 Å². The van der Waals surface area contributed by atoms with Gasteiger partial charge in [-0.15, -0.1) is 0 Å². The molecule has 122 valence electrons. The van der Waals surface area contributed by atoms with Gasteiger partial charge in [-0.1, -0.05) is 18.2 Å². The van der Waals surface area contributed by atoms with E-state index in [2.05, 4.69) is 15.6 Å². The van der Waals surface area contributed by atoms with Gasteiger partial charge in [-0.2, -0.15) is 5.26 Å². The molecular formula is C18H18N4O2. The number of nitrogens with one attached hydrogen (secondary N) is 2. The summed E-state index contributed by atoms with van der Waals surface area (Å²) in [5.41, 5.74) is 0.889. The lowest BCUT2D eigenvalue weighted by molar-refractivity contribution is -0.117. The summed E-state index contributed by atoms with van der Waals surface area (Å²) in [6, 6.07) is 14.3. The Morgan fingerprint density at radius 2 is 2.04 bits per heavy atom. The van der Waals surface area contributed by atoms with Gasteiger partial charge in [-0.3, -0.25) is 4.79 Å². The van der Waals surface area contributed by atoms with Crippen LogP contribution in [0.2, 0.25) is 0 Å². The van der Waals surface area contributed by atoms with Crippen LogP contribution in [0, 0.1) is 11.3 Å². The quantitative estimate of drug-likeness (QED) is 0.631. The average molecular weight is 322 g/mol. The van der Waals surface area contributed by atoms with Gasteiger partial charge < -0.3 is 15.4 Å². The van der Waals surface area contributed by atoms with Crippen molar-refractivity contribution in [2.45, 2.75) is 13.0 Å². The predicted molar refractivity (Wildman–Crippen MR) is 91.1 cm³/mol. The first kappa shape index (κ1) is 17.0. The summed E-state index contributed by atoms with van der Waals surface area (Å²) in [5, 5.41) is 14.8. The third kappa shape index (κ3) is 4.58. The van der Waals surface area contributed by atoms with E-state index in [1.165, 1.54) is 6.20 Å². The molecule has 6 nitrogen and oxygen atoms in total. The SMILES string of the molecule is COc1ccc(C(C)NC(=O)/C(C#N)=C\Nc2ccccn2)cc1. The van der Waals surface area contributed by atoms with Gasteiger partial charge in [0.2, 0.25) is 0 Å². The van der Waals surface area contributed by atoms with Gasteiger partial charge in [-0.25, -0.2) is 4.98 Å². The van der Waals surface area contributed by atoms with E-state index in [1.54, 1.807) is 31.5 Å². The summed E-state index contributed by atoms with van der Waals surface area (Å²) in [4.78, 5) is 16.3. The Balaban J connectivity index is 2.01. The van der Waals surface area contributed by atoms with Crippen molar-refractivity contribution in [3.8, 4) is 11.8 Å². The second kappa shape index (κ2) is 8.34. The monoisotopic (exact) mass is 322 g/mol. The molecule has 0 spiro atoms. The van der Waals surface area contributed by atoms with Crippen molar-refractivity contribution in [1.29, 1.82) is 5.26 Å². The highest BCUT2D eigenvalue weighted by atomic mass is 16.5. The normalized spacial score (nSPS) is 12.0. The molecule has 0 fully saturated rings. The van der Waals surface area contributed by atoms with Crippen LogP contribution in [0.5, 0.6) is 5.75 Å². The lowest BCUT2D eigenvalue weighted by Gasteiger charge is -2.14. The fourth-order valence-electron chi connectivity index (χ4n) is 1.99. The van der Waals surface area contributed by atoms with E-state index in [4.69, 9.17) is 4.74 Å². The molecule has 1 atom stereocenters. The van der Waals surface area contributed by atoms with Gasteiger partial charge in [0.25, 0.3) is 5.91 Å². The highest BCUT2D eigenvalue weighted by Crippen LogP contribution is 2.17. The summed E-state index contributed by atoms with van der Waals surface area (Å²) in [6.07, 6.45) is 2.96. The molecule has 2 N–H and O–H groups in total. The highest BCUT2D eigenvalue weighted by Gasteiger charge is 2.13. The van der Waals surface area contributed by atoms with Crippen LogP contribution >= 0.6 is 0 Å². The van der Waals surface area contributed by atoms with Crippen molar-refractivity contribution in [3.63, 3.8) is 0 Å². The largest absolute Gasteiger partial charge is 0.497 e. The van der Waals surface area contributed by atoms with Crippen LogP contribution in [0.25, 0.3) is 0 Å². The van der Waals surface area contributed by atoms with Gasteiger partial charge >= 0.3 is 0 Å². The lowest BCUT2D eigenvalue weighted by Crippen LogP contribution is -2.28. The van der Waals surface area contributed by atoms with Gasteiger partial charge in [0, 0.05) is 12.4 Å². The molecule has 1 aromatic heterocycles. The lowest BCUT2D eigenvalue weighted by atomic mass is 10.1. The summed E-state index contributed by atoms with van der Waals surface area (Å²) in [7, 11) is 1.60. The third-order valence-electron chi connectivity index (χ3n) is 3.36. The molecule has 0 aliphatic rings. The summed E-state index contributed by atoms with van der Waals surface area (Å²) < 4.78 is 5.11. The molecule has 0 saturated heterocycles. The first-order valence-corrected chi connectivity index (χ1v) is 7.36. The van der Waals surface area contributed by atoms with Crippen molar-refractivity contribution in [3.05, 3.63) is 66.0 Å². The number of anilines is 1. The minimum atomic E-state index is -0.454. The number of benzene rings is 1. The Morgan fingerprint density at radius 1 is 1.29 bits per heavy atom. The average Bonchev–Trinajstić information content (AvgIpc) is 2.63. The van der Waals surface area contributed by atoms with Gasteiger partial charge in [0.1, 0.15) is 23.2 Å². The second-order valence-corrected chi connectivity index (χ2v) is 5.00. The Kier molecular flexibility index (Phi) is 5.92. The highest BCUT2D eigenvalue weighted by molar-refractivity contribution is 5.97. The van der Waals surface area contributed by atoms with E-state index in [9.17, 15) is 10.1 Å². The maximum absolute atomic E-state index is 12.2. The van der Waals surface area contributed by atoms with E-state index < -0.39 is 5.91 Å². The fourth-order valence-corrected chi connectivity index (χ4v) is 1.99. The Bertz CT molecular complexity index is 749. The van der Waals surface area contributed by atoms with Crippen LogP contribution in [-0.2, 0) is 4.79 Å². The van der Waals surface area contributed by atoms with Crippen molar-refractivity contribution in [2.24, 2.45) is 0 Å². The van der Waals surface area contributed by atoms with Crippen LogP contribution in [0.3, 0.4) is 0 Å². The van der Waals surface area contributed by atoms with E-state index in [1.807, 2.05) is 37.3 Å². The Hall–Kier alpha value is -3.33. The molecule has 0 radical (unpaired) electrons. The molecule has 0 aliphatic heterocycles. The van der Waals surface area contributed by atoms with E-state index in [0.29, 0.717) is 5.82 Å². The molecule has 1 unspecified atom stereocenters. The maximum atomic E-state index is 12.2. The molecule has 24 heavy (non-hydrogen) atoms. The standard InChI is InChI=1S/C18H18N4O2/c1-13(14-6-8-16(24-2)9-7-14)22-18(23)15(11-19)12-21-17-5-3-4-10-20-17/h3-10,12-13H,1-2H3,(H,20,21)(H,22,23)/b15-12-. The number of amides is 1. The number of hydrogen-bond acceptors (Lipinski definition) is 5. The molecule has 0 aliphatic carbocycles. The zero-order valence-electron chi connectivity index (χ0n) is 13.5. The molecule has 6 heteroatoms. The van der Waals surface area contributed by atoms with Crippen LogP contribution in [0.4, 0.5) is 5.82 Å². The number of nitriles is 1. The van der Waals surface area contributed by atoms with Crippen LogP contribution in [-0.4, -0.2) is 18.0 Å². The molecule has 1 heterocycles. The number of nitrogens with zero attached hydrogens (tertiary/aromatic N) is 2. The Morgan fingerprint density at radius 3 is 2.62 bits per heavy atom. The predicted octanol–water partition coefficient (Wildman–Crippen LogP) is 2.79. The molecule has 2 aromatic rings. The zero-order chi connectivity index (χ0) is 17.4. The van der Waals surface area contributed by atoms with E-state index >= 15 is 0 Å². The summed E-state index contributed by atoms with van der Waals surface area (Å²) in [6.45, 7) is 1.85. The molecule has 1 aromatic carbocycles. The van der Waals surface area contributed by atoms with Gasteiger partial charge in [-0.05, 0) is 36.8 Å². The van der Waals surface area contributed by atoms with Crippen molar-refractivity contribution in [2.75, 3.05) is 12.4 Å². The zero-order valence-corrected chi connectivity index (χ0v) is 13.5. The number of carbonyl (C=O) groups excluding carboxylic acids is 1. The molecule has 2 rings (SSSR count). The molecular weight excluding hydrogens is 304 g/mol. The minimum absolute atomic E-state index is 0.0268. The minimum Gasteiger partial charge on any atom is -0.497 e. The number of hydrogen-bond donors (Lipinski definition) is 2. The second-order valence-electron chi connectivity index (χ2n) is 5.00. The topological polar surface area (TPSA) is 87.0 Å².